The van der Waals surface area contributed by atoms with Gasteiger partial charge in [0.05, 0.1) is 12.6 Å². The number of fused-ring (bicyclic) bond motifs is 1. The monoisotopic (exact) mass is 386 g/mol. The molecule has 2 aliphatic rings. The van der Waals surface area contributed by atoms with Gasteiger partial charge in [0.25, 0.3) is 0 Å². The van der Waals surface area contributed by atoms with Gasteiger partial charge in [0.2, 0.25) is 5.91 Å². The average Bonchev–Trinajstić information content (AvgIpc) is 3.02. The fraction of sp³-hybridized carbons (Fsp3) is 0.524. The van der Waals surface area contributed by atoms with E-state index >= 15 is 0 Å². The second-order valence-corrected chi connectivity index (χ2v) is 9.04. The van der Waals surface area contributed by atoms with Crippen molar-refractivity contribution in [2.24, 2.45) is 0 Å². The second kappa shape index (κ2) is 8.09. The second-order valence-electron chi connectivity index (χ2n) is 7.94. The SMILES string of the molecule is CC(=O)Nc1sc2c(c1[C@@H](c1ccccn1)[NH+]1CC[NH+](C)CC1)CCCC2. The number of nitrogens with zero attached hydrogens (tertiary/aromatic N) is 1. The van der Waals surface area contributed by atoms with Crippen LogP contribution >= 0.6 is 11.3 Å². The van der Waals surface area contributed by atoms with Gasteiger partial charge in [-0.15, -0.1) is 11.3 Å². The summed E-state index contributed by atoms with van der Waals surface area (Å²) in [7, 11) is 2.28. The number of piperazine rings is 1. The van der Waals surface area contributed by atoms with E-state index in [4.69, 9.17) is 4.98 Å². The number of carbonyl (C=O) groups is 1. The highest BCUT2D eigenvalue weighted by molar-refractivity contribution is 7.16. The predicted octanol–water partition coefficient (Wildman–Crippen LogP) is 0.483. The van der Waals surface area contributed by atoms with Crippen molar-refractivity contribution in [1.82, 2.24) is 4.98 Å². The molecule has 4 rings (SSSR count). The quantitative estimate of drug-likeness (QED) is 0.716. The van der Waals surface area contributed by atoms with Crippen LogP contribution in [0.2, 0.25) is 0 Å². The third-order valence-corrected chi connectivity index (χ3v) is 7.15. The highest BCUT2D eigenvalue weighted by Crippen LogP contribution is 2.42. The van der Waals surface area contributed by atoms with Gasteiger partial charge in [-0.25, -0.2) is 0 Å². The molecule has 6 heteroatoms. The number of aryl methyl sites for hydroxylation is 1. The Morgan fingerprint density at radius 1 is 1.19 bits per heavy atom. The van der Waals surface area contributed by atoms with Crippen LogP contribution in [-0.4, -0.2) is 44.1 Å². The van der Waals surface area contributed by atoms with Crippen molar-refractivity contribution < 1.29 is 14.6 Å². The molecule has 1 aliphatic heterocycles. The van der Waals surface area contributed by atoms with Crippen LogP contribution in [0.4, 0.5) is 5.00 Å². The molecular weight excluding hydrogens is 356 g/mol. The molecule has 3 heterocycles. The zero-order valence-corrected chi connectivity index (χ0v) is 17.1. The van der Waals surface area contributed by atoms with E-state index in [1.807, 2.05) is 12.3 Å². The molecule has 1 aliphatic carbocycles. The minimum atomic E-state index is 0.0208. The number of pyridine rings is 1. The highest BCUT2D eigenvalue weighted by atomic mass is 32.1. The van der Waals surface area contributed by atoms with Gasteiger partial charge in [0, 0.05) is 18.0 Å². The number of anilines is 1. The summed E-state index contributed by atoms with van der Waals surface area (Å²) in [4.78, 5) is 21.3. The molecule has 1 saturated heterocycles. The van der Waals surface area contributed by atoms with Crippen molar-refractivity contribution in [2.75, 3.05) is 38.5 Å². The van der Waals surface area contributed by atoms with Crippen LogP contribution in [0.25, 0.3) is 0 Å². The number of hydrogen-bond acceptors (Lipinski definition) is 3. The van der Waals surface area contributed by atoms with Crippen LogP contribution in [-0.2, 0) is 17.6 Å². The summed E-state index contributed by atoms with van der Waals surface area (Å²) >= 11 is 1.80. The van der Waals surface area contributed by atoms with Gasteiger partial charge in [0.15, 0.2) is 6.04 Å². The number of nitrogens with one attached hydrogen (secondary N) is 3. The molecular formula is C21H30N4OS+2. The molecule has 144 valence electrons. The fourth-order valence-corrected chi connectivity index (χ4v) is 5.92. The Kier molecular flexibility index (Phi) is 5.57. The normalized spacial score (nSPS) is 23.5. The van der Waals surface area contributed by atoms with Crippen LogP contribution in [0, 0.1) is 0 Å². The average molecular weight is 387 g/mol. The Hall–Kier alpha value is -1.76. The van der Waals surface area contributed by atoms with E-state index in [9.17, 15) is 4.79 Å². The minimum Gasteiger partial charge on any atom is -0.328 e. The largest absolute Gasteiger partial charge is 0.328 e. The van der Waals surface area contributed by atoms with Gasteiger partial charge in [0.1, 0.15) is 36.9 Å². The van der Waals surface area contributed by atoms with Gasteiger partial charge in [-0.05, 0) is 43.4 Å². The molecule has 3 N–H and O–H groups in total. The number of thiophene rings is 1. The zero-order valence-electron chi connectivity index (χ0n) is 16.3. The third kappa shape index (κ3) is 3.93. The first kappa shape index (κ1) is 18.6. The molecule has 2 aromatic heterocycles. The summed E-state index contributed by atoms with van der Waals surface area (Å²) in [6, 6.07) is 6.45. The van der Waals surface area contributed by atoms with Crippen LogP contribution in [0.15, 0.2) is 24.4 Å². The molecule has 1 fully saturated rings. The third-order valence-electron chi connectivity index (χ3n) is 5.93. The summed E-state index contributed by atoms with van der Waals surface area (Å²) in [6.45, 7) is 6.25. The van der Waals surface area contributed by atoms with E-state index in [0.29, 0.717) is 0 Å². The standard InChI is InChI=1S/C21H28N4OS/c1-15(26)23-21-19(16-7-3-4-9-18(16)27-21)20(17-8-5-6-10-22-17)25-13-11-24(2)12-14-25/h5-6,8,10,20H,3-4,7,9,11-14H2,1-2H3,(H,23,26)/p+2/t20-/m1/s1. The highest BCUT2D eigenvalue weighted by Gasteiger charge is 2.37. The van der Waals surface area contributed by atoms with Crippen LogP contribution < -0.4 is 15.1 Å². The molecule has 27 heavy (non-hydrogen) atoms. The van der Waals surface area contributed by atoms with Crippen LogP contribution in [0.3, 0.4) is 0 Å². The maximum Gasteiger partial charge on any atom is 0.221 e. The lowest BCUT2D eigenvalue weighted by molar-refractivity contribution is -1.02. The maximum absolute atomic E-state index is 11.9. The van der Waals surface area contributed by atoms with E-state index in [0.717, 1.165) is 36.6 Å². The smallest absolute Gasteiger partial charge is 0.221 e. The molecule has 0 saturated carbocycles. The van der Waals surface area contributed by atoms with Crippen molar-refractivity contribution in [1.29, 1.82) is 0 Å². The van der Waals surface area contributed by atoms with Gasteiger partial charge in [-0.3, -0.25) is 9.78 Å². The van der Waals surface area contributed by atoms with Crippen LogP contribution in [0.5, 0.6) is 0 Å². The van der Waals surface area contributed by atoms with Gasteiger partial charge >= 0.3 is 0 Å². The van der Waals surface area contributed by atoms with E-state index in [1.165, 1.54) is 41.9 Å². The lowest BCUT2D eigenvalue weighted by Crippen LogP contribution is -3.27. The molecule has 0 unspecified atom stereocenters. The van der Waals surface area contributed by atoms with E-state index in [-0.39, 0.29) is 11.9 Å². The van der Waals surface area contributed by atoms with Crippen molar-refractivity contribution >= 4 is 22.2 Å². The Morgan fingerprint density at radius 2 is 1.96 bits per heavy atom. The summed E-state index contributed by atoms with van der Waals surface area (Å²) < 4.78 is 0. The number of amides is 1. The van der Waals surface area contributed by atoms with Crippen molar-refractivity contribution in [3.63, 3.8) is 0 Å². The number of quaternary nitrogens is 2. The Morgan fingerprint density at radius 3 is 2.67 bits per heavy atom. The molecule has 5 nitrogen and oxygen atoms in total. The number of aromatic nitrogens is 1. The molecule has 0 bridgehead atoms. The Bertz CT molecular complexity index is 796. The zero-order chi connectivity index (χ0) is 18.8. The molecule has 0 aromatic carbocycles. The number of rotatable bonds is 4. The van der Waals surface area contributed by atoms with Gasteiger partial charge in [-0.2, -0.15) is 0 Å². The Labute approximate surface area is 165 Å². The molecule has 1 atom stereocenters. The first-order valence-electron chi connectivity index (χ1n) is 10.1. The number of carbonyl (C=O) groups excluding carboxylic acids is 1. The predicted molar refractivity (Wildman–Crippen MR) is 109 cm³/mol. The lowest BCUT2D eigenvalue weighted by atomic mass is 9.90. The molecule has 0 spiro atoms. The summed E-state index contributed by atoms with van der Waals surface area (Å²) in [5.74, 6) is 0.0208. The van der Waals surface area contributed by atoms with E-state index < -0.39 is 0 Å². The first-order chi connectivity index (χ1) is 13.1. The summed E-state index contributed by atoms with van der Waals surface area (Å²) in [5, 5.41) is 4.22. The molecule has 1 amide bonds. The topological polar surface area (TPSA) is 50.9 Å². The van der Waals surface area contributed by atoms with Crippen molar-refractivity contribution in [2.45, 2.75) is 38.6 Å². The molecule has 0 radical (unpaired) electrons. The van der Waals surface area contributed by atoms with Crippen molar-refractivity contribution in [3.05, 3.63) is 46.1 Å². The van der Waals surface area contributed by atoms with Gasteiger partial charge < -0.3 is 15.1 Å². The summed E-state index contributed by atoms with van der Waals surface area (Å²) in [6.07, 6.45) is 6.67. The number of hydrogen-bond donors (Lipinski definition) is 3. The Balaban J connectivity index is 1.82. The summed E-state index contributed by atoms with van der Waals surface area (Å²) in [5.41, 5.74) is 3.97. The minimum absolute atomic E-state index is 0.0208. The van der Waals surface area contributed by atoms with E-state index in [2.05, 4.69) is 24.5 Å². The van der Waals surface area contributed by atoms with Crippen LogP contribution in [0.1, 0.15) is 47.5 Å². The fourth-order valence-electron chi connectivity index (χ4n) is 4.54. The van der Waals surface area contributed by atoms with Gasteiger partial charge in [-0.1, -0.05) is 6.07 Å². The lowest BCUT2D eigenvalue weighted by Gasteiger charge is -2.34. The van der Waals surface area contributed by atoms with Crippen molar-refractivity contribution in [3.8, 4) is 0 Å². The first-order valence-corrected chi connectivity index (χ1v) is 10.9. The van der Waals surface area contributed by atoms with E-state index in [1.54, 1.807) is 28.1 Å². The maximum atomic E-state index is 11.9. The number of likely N-dealkylation sites (N-methyl/N-ethyl adjacent to an activating group) is 1. The molecule has 2 aromatic rings.